The number of aromatic nitrogens is 1. The zero-order valence-corrected chi connectivity index (χ0v) is 12.2. The minimum atomic E-state index is 0.188. The van der Waals surface area contributed by atoms with E-state index in [1.807, 2.05) is 25.1 Å². The van der Waals surface area contributed by atoms with E-state index in [4.69, 9.17) is 9.26 Å². The number of hydrogen-bond donors (Lipinski definition) is 1. The topological polar surface area (TPSA) is 47.3 Å². The lowest BCUT2D eigenvalue weighted by Gasteiger charge is -2.10. The Morgan fingerprint density at radius 2 is 2.32 bits per heavy atom. The van der Waals surface area contributed by atoms with Gasteiger partial charge in [-0.1, -0.05) is 21.1 Å². The number of hydrogen-bond acceptors (Lipinski definition) is 4. The van der Waals surface area contributed by atoms with Crippen LogP contribution in [0.3, 0.4) is 0 Å². The monoisotopic (exact) mass is 322 g/mol. The molecule has 0 saturated heterocycles. The lowest BCUT2D eigenvalue weighted by molar-refractivity contribution is 0.225. The van der Waals surface area contributed by atoms with Gasteiger partial charge in [0.25, 0.3) is 0 Å². The van der Waals surface area contributed by atoms with Crippen molar-refractivity contribution < 1.29 is 9.26 Å². The SMILES string of the molecule is Cc1cc(CNCC2Cc3cc(Br)ccc3O2)on1. The Morgan fingerprint density at radius 3 is 3.11 bits per heavy atom. The molecular formula is C14H15BrN2O2. The van der Waals surface area contributed by atoms with Crippen molar-refractivity contribution >= 4 is 15.9 Å². The van der Waals surface area contributed by atoms with Crippen LogP contribution in [0.4, 0.5) is 0 Å². The molecule has 0 saturated carbocycles. The van der Waals surface area contributed by atoms with Crippen LogP contribution in [0.15, 0.2) is 33.3 Å². The fraction of sp³-hybridized carbons (Fsp3) is 0.357. The molecule has 0 spiro atoms. The number of halogens is 1. The van der Waals surface area contributed by atoms with Gasteiger partial charge in [0.05, 0.1) is 12.2 Å². The van der Waals surface area contributed by atoms with Gasteiger partial charge in [-0.25, -0.2) is 0 Å². The minimum absolute atomic E-state index is 0.188. The molecule has 3 rings (SSSR count). The molecule has 2 heterocycles. The van der Waals surface area contributed by atoms with Gasteiger partial charge in [-0.05, 0) is 30.7 Å². The summed E-state index contributed by atoms with van der Waals surface area (Å²) in [5.74, 6) is 1.85. The average Bonchev–Trinajstić information content (AvgIpc) is 2.95. The third kappa shape index (κ3) is 2.98. The van der Waals surface area contributed by atoms with E-state index in [0.29, 0.717) is 6.54 Å². The Labute approximate surface area is 120 Å². The molecule has 5 heteroatoms. The van der Waals surface area contributed by atoms with E-state index in [-0.39, 0.29) is 6.10 Å². The van der Waals surface area contributed by atoms with Gasteiger partial charge in [-0.15, -0.1) is 0 Å². The first-order chi connectivity index (χ1) is 9.20. The lowest BCUT2D eigenvalue weighted by Crippen LogP contribution is -2.29. The summed E-state index contributed by atoms with van der Waals surface area (Å²) in [4.78, 5) is 0. The average molecular weight is 323 g/mol. The normalized spacial score (nSPS) is 17.3. The van der Waals surface area contributed by atoms with Crippen molar-refractivity contribution in [1.29, 1.82) is 0 Å². The summed E-state index contributed by atoms with van der Waals surface area (Å²) < 4.78 is 12.1. The van der Waals surface area contributed by atoms with Crippen LogP contribution in [0.25, 0.3) is 0 Å². The maximum atomic E-state index is 5.88. The van der Waals surface area contributed by atoms with Crippen LogP contribution in [-0.4, -0.2) is 17.8 Å². The highest BCUT2D eigenvalue weighted by Crippen LogP contribution is 2.30. The second-order valence-electron chi connectivity index (χ2n) is 4.76. The van der Waals surface area contributed by atoms with Crippen molar-refractivity contribution in [3.8, 4) is 5.75 Å². The maximum absolute atomic E-state index is 5.88. The smallest absolute Gasteiger partial charge is 0.150 e. The van der Waals surface area contributed by atoms with E-state index < -0.39 is 0 Å². The van der Waals surface area contributed by atoms with E-state index in [1.165, 1.54) is 5.56 Å². The first kappa shape index (κ1) is 12.7. The van der Waals surface area contributed by atoms with E-state index in [1.54, 1.807) is 0 Å². The van der Waals surface area contributed by atoms with Gasteiger partial charge in [0.15, 0.2) is 5.76 Å². The highest BCUT2D eigenvalue weighted by Gasteiger charge is 2.22. The summed E-state index contributed by atoms with van der Waals surface area (Å²) in [6, 6.07) is 8.08. The number of fused-ring (bicyclic) bond motifs is 1. The predicted molar refractivity (Wildman–Crippen MR) is 75.2 cm³/mol. The molecule has 0 amide bonds. The fourth-order valence-corrected chi connectivity index (χ4v) is 2.67. The van der Waals surface area contributed by atoms with Gasteiger partial charge in [0, 0.05) is 23.5 Å². The van der Waals surface area contributed by atoms with E-state index in [0.717, 1.165) is 34.6 Å². The van der Waals surface area contributed by atoms with Gasteiger partial charge < -0.3 is 14.6 Å². The number of rotatable bonds is 4. The van der Waals surface area contributed by atoms with Crippen molar-refractivity contribution in [1.82, 2.24) is 10.5 Å². The molecule has 0 aliphatic carbocycles. The molecule has 0 bridgehead atoms. The number of nitrogens with zero attached hydrogens (tertiary/aromatic N) is 1. The van der Waals surface area contributed by atoms with Gasteiger partial charge in [0.1, 0.15) is 11.9 Å². The second kappa shape index (κ2) is 5.35. The number of nitrogens with one attached hydrogen (secondary N) is 1. The quantitative estimate of drug-likeness (QED) is 0.940. The van der Waals surface area contributed by atoms with E-state index in [2.05, 4.69) is 32.5 Å². The molecule has 1 aliphatic rings. The Kier molecular flexibility index (Phi) is 3.57. The highest BCUT2D eigenvalue weighted by atomic mass is 79.9. The molecule has 1 N–H and O–H groups in total. The van der Waals surface area contributed by atoms with E-state index >= 15 is 0 Å². The Balaban J connectivity index is 1.51. The molecule has 0 radical (unpaired) electrons. The predicted octanol–water partition coefficient (Wildman–Crippen LogP) is 2.84. The summed E-state index contributed by atoms with van der Waals surface area (Å²) in [6.45, 7) is 3.40. The first-order valence-electron chi connectivity index (χ1n) is 6.29. The highest BCUT2D eigenvalue weighted by molar-refractivity contribution is 9.10. The molecule has 2 aromatic rings. The van der Waals surface area contributed by atoms with Crippen LogP contribution in [0.1, 0.15) is 17.0 Å². The van der Waals surface area contributed by atoms with Crippen LogP contribution in [-0.2, 0) is 13.0 Å². The molecule has 1 aromatic heterocycles. The van der Waals surface area contributed by atoms with Gasteiger partial charge in [-0.2, -0.15) is 0 Å². The standard InChI is InChI=1S/C14H15BrN2O2/c1-9-4-13(19-17-9)8-16-7-12-6-10-5-11(15)2-3-14(10)18-12/h2-5,12,16H,6-8H2,1H3. The van der Waals surface area contributed by atoms with Crippen molar-refractivity contribution in [2.45, 2.75) is 26.0 Å². The van der Waals surface area contributed by atoms with Crippen LogP contribution in [0, 0.1) is 6.92 Å². The van der Waals surface area contributed by atoms with Gasteiger partial charge in [-0.3, -0.25) is 0 Å². The molecule has 0 fully saturated rings. The van der Waals surface area contributed by atoms with Crippen LogP contribution >= 0.6 is 15.9 Å². The fourth-order valence-electron chi connectivity index (χ4n) is 2.26. The summed E-state index contributed by atoms with van der Waals surface area (Å²) >= 11 is 3.48. The number of aryl methyl sites for hydroxylation is 1. The molecule has 1 aromatic carbocycles. The molecule has 100 valence electrons. The van der Waals surface area contributed by atoms with Crippen LogP contribution in [0.5, 0.6) is 5.75 Å². The van der Waals surface area contributed by atoms with Crippen LogP contribution in [0.2, 0.25) is 0 Å². The van der Waals surface area contributed by atoms with Gasteiger partial charge in [0.2, 0.25) is 0 Å². The maximum Gasteiger partial charge on any atom is 0.150 e. The molecule has 4 nitrogen and oxygen atoms in total. The third-order valence-corrected chi connectivity index (χ3v) is 3.61. The zero-order valence-electron chi connectivity index (χ0n) is 10.6. The Hall–Kier alpha value is -1.33. The second-order valence-corrected chi connectivity index (χ2v) is 5.68. The summed E-state index contributed by atoms with van der Waals surface area (Å²) in [6.07, 6.45) is 1.13. The van der Waals surface area contributed by atoms with Crippen molar-refractivity contribution in [2.75, 3.05) is 6.54 Å². The van der Waals surface area contributed by atoms with Crippen molar-refractivity contribution in [3.63, 3.8) is 0 Å². The molecular weight excluding hydrogens is 308 g/mol. The molecule has 1 aliphatic heterocycles. The molecule has 1 atom stereocenters. The van der Waals surface area contributed by atoms with Crippen LogP contribution < -0.4 is 10.1 Å². The third-order valence-electron chi connectivity index (χ3n) is 3.11. The number of benzene rings is 1. The van der Waals surface area contributed by atoms with Crippen molar-refractivity contribution in [2.24, 2.45) is 0 Å². The summed E-state index contributed by atoms with van der Waals surface area (Å²) in [5, 5.41) is 7.19. The Bertz CT molecular complexity index is 583. The zero-order chi connectivity index (χ0) is 13.2. The molecule has 19 heavy (non-hydrogen) atoms. The van der Waals surface area contributed by atoms with Crippen molar-refractivity contribution in [3.05, 3.63) is 45.8 Å². The van der Waals surface area contributed by atoms with Gasteiger partial charge >= 0.3 is 0 Å². The lowest BCUT2D eigenvalue weighted by atomic mass is 10.1. The Morgan fingerprint density at radius 1 is 1.42 bits per heavy atom. The largest absolute Gasteiger partial charge is 0.488 e. The van der Waals surface area contributed by atoms with E-state index in [9.17, 15) is 0 Å². The summed E-state index contributed by atoms with van der Waals surface area (Å²) in [5.41, 5.74) is 2.17. The molecule has 1 unspecified atom stereocenters. The first-order valence-corrected chi connectivity index (χ1v) is 7.08. The number of ether oxygens (including phenoxy) is 1. The minimum Gasteiger partial charge on any atom is -0.488 e. The summed E-state index contributed by atoms with van der Waals surface area (Å²) in [7, 11) is 0.